The maximum Gasteiger partial charge on any atom is 0.308 e. The van der Waals surface area contributed by atoms with E-state index < -0.39 is 5.82 Å². The van der Waals surface area contributed by atoms with Crippen molar-refractivity contribution in [2.75, 3.05) is 13.7 Å². The number of aromatic amines is 1. The van der Waals surface area contributed by atoms with Crippen molar-refractivity contribution in [2.45, 2.75) is 58.4 Å². The van der Waals surface area contributed by atoms with Crippen molar-refractivity contribution in [3.63, 3.8) is 0 Å². The minimum atomic E-state index is -0.479. The molecule has 1 N–H and O–H groups in total. The lowest BCUT2D eigenvalue weighted by molar-refractivity contribution is -0.149. The summed E-state index contributed by atoms with van der Waals surface area (Å²) in [5.41, 5.74) is 5.31. The molecule has 3 heterocycles. The number of ether oxygens (including phenoxy) is 2. The summed E-state index contributed by atoms with van der Waals surface area (Å²) in [6.07, 6.45) is 9.01. The molecule has 3 aromatic heterocycles. The maximum absolute atomic E-state index is 14.4. The van der Waals surface area contributed by atoms with Gasteiger partial charge in [0, 0.05) is 46.1 Å². The molecule has 38 heavy (non-hydrogen) atoms. The van der Waals surface area contributed by atoms with Gasteiger partial charge < -0.3 is 14.5 Å². The van der Waals surface area contributed by atoms with E-state index in [4.69, 9.17) is 26.2 Å². The molecule has 1 aromatic carbocycles. The van der Waals surface area contributed by atoms with E-state index in [1.54, 1.807) is 13.2 Å². The summed E-state index contributed by atoms with van der Waals surface area (Å²) in [4.78, 5) is 20.0. The number of carbonyl (C=O) groups excluding carboxylic acids is 1. The maximum atomic E-state index is 14.4. The van der Waals surface area contributed by atoms with E-state index in [1.807, 2.05) is 32.4 Å². The lowest BCUT2D eigenvalue weighted by Gasteiger charge is -2.28. The Bertz CT molecular complexity index is 1470. The van der Waals surface area contributed by atoms with Crippen molar-refractivity contribution in [1.29, 1.82) is 0 Å². The number of benzene rings is 1. The molecular formula is C29H32ClFN4O3. The topological polar surface area (TPSA) is 82.0 Å². The van der Waals surface area contributed by atoms with Crippen molar-refractivity contribution in [3.05, 3.63) is 64.5 Å². The minimum absolute atomic E-state index is 0.0210. The first-order valence-electron chi connectivity index (χ1n) is 13.0. The van der Waals surface area contributed by atoms with Gasteiger partial charge in [-0.2, -0.15) is 5.10 Å². The van der Waals surface area contributed by atoms with E-state index >= 15 is 0 Å². The Balaban J connectivity index is 1.44. The zero-order valence-electron chi connectivity index (χ0n) is 22.1. The number of aromatic nitrogens is 4. The summed E-state index contributed by atoms with van der Waals surface area (Å²) in [6, 6.07) is 5.26. The molecule has 0 bridgehead atoms. The van der Waals surface area contributed by atoms with Crippen molar-refractivity contribution in [3.8, 4) is 16.9 Å². The number of carbonyl (C=O) groups is 1. The van der Waals surface area contributed by atoms with E-state index in [1.165, 1.54) is 6.07 Å². The minimum Gasteiger partial charge on any atom is -0.496 e. The molecule has 0 amide bonds. The van der Waals surface area contributed by atoms with Crippen LogP contribution in [0.25, 0.3) is 22.2 Å². The van der Waals surface area contributed by atoms with Crippen LogP contribution in [-0.2, 0) is 9.53 Å². The summed E-state index contributed by atoms with van der Waals surface area (Å²) in [6.45, 7) is 6.31. The van der Waals surface area contributed by atoms with Crippen molar-refractivity contribution in [1.82, 2.24) is 19.7 Å². The molecule has 1 fully saturated rings. The van der Waals surface area contributed by atoms with Crippen LogP contribution in [0.2, 0.25) is 5.02 Å². The monoisotopic (exact) mass is 538 g/mol. The average Bonchev–Trinajstić information content (AvgIpc) is 3.53. The zero-order chi connectivity index (χ0) is 27.0. The van der Waals surface area contributed by atoms with Crippen LogP contribution < -0.4 is 4.74 Å². The Labute approximate surface area is 226 Å². The summed E-state index contributed by atoms with van der Waals surface area (Å²) in [5, 5.41) is 5.72. The normalized spacial score (nSPS) is 18.5. The van der Waals surface area contributed by atoms with Gasteiger partial charge in [0.25, 0.3) is 0 Å². The smallest absolute Gasteiger partial charge is 0.308 e. The van der Waals surface area contributed by atoms with Gasteiger partial charge in [0.15, 0.2) is 0 Å². The molecule has 0 spiro atoms. The van der Waals surface area contributed by atoms with Crippen LogP contribution in [0.1, 0.15) is 68.3 Å². The predicted molar refractivity (Wildman–Crippen MR) is 145 cm³/mol. The van der Waals surface area contributed by atoms with Crippen LogP contribution in [0.15, 0.2) is 36.8 Å². The molecule has 200 valence electrons. The summed E-state index contributed by atoms with van der Waals surface area (Å²) in [7, 11) is 1.55. The Hall–Kier alpha value is -3.39. The number of rotatable bonds is 7. The van der Waals surface area contributed by atoms with Gasteiger partial charge >= 0.3 is 5.97 Å². The second kappa shape index (κ2) is 10.8. The molecule has 9 heteroatoms. The van der Waals surface area contributed by atoms with E-state index in [2.05, 4.69) is 27.6 Å². The van der Waals surface area contributed by atoms with Gasteiger partial charge in [0.05, 0.1) is 36.9 Å². The molecule has 4 aromatic rings. The van der Waals surface area contributed by atoms with Crippen molar-refractivity contribution >= 4 is 28.6 Å². The van der Waals surface area contributed by atoms with Gasteiger partial charge in [-0.25, -0.2) is 9.37 Å². The first-order valence-corrected chi connectivity index (χ1v) is 13.4. The highest BCUT2D eigenvalue weighted by Crippen LogP contribution is 2.41. The largest absolute Gasteiger partial charge is 0.496 e. The van der Waals surface area contributed by atoms with Crippen LogP contribution in [0, 0.1) is 18.7 Å². The van der Waals surface area contributed by atoms with Gasteiger partial charge in [-0.1, -0.05) is 18.5 Å². The first kappa shape index (κ1) is 26.2. The molecular weight excluding hydrogens is 507 g/mol. The highest BCUT2D eigenvalue weighted by atomic mass is 35.5. The number of hydrogen-bond acceptors (Lipinski definition) is 5. The van der Waals surface area contributed by atoms with Crippen molar-refractivity contribution < 1.29 is 18.7 Å². The SMILES string of the molecule is CCOC(=O)C1CCC(n2ncc(-c3cnc4[nH]cc([C@H](C)c5c(OC)ccc(F)c5Cl)c4c3)c2C)CC1. The molecule has 0 radical (unpaired) electrons. The summed E-state index contributed by atoms with van der Waals surface area (Å²) >= 11 is 6.39. The highest BCUT2D eigenvalue weighted by molar-refractivity contribution is 6.31. The third kappa shape index (κ3) is 4.66. The fourth-order valence-corrected chi connectivity index (χ4v) is 6.03. The molecule has 1 aliphatic carbocycles. The molecule has 0 unspecified atom stereocenters. The van der Waals surface area contributed by atoms with Crippen LogP contribution >= 0.6 is 11.6 Å². The molecule has 1 saturated carbocycles. The van der Waals surface area contributed by atoms with Crippen LogP contribution in [0.5, 0.6) is 5.75 Å². The third-order valence-electron chi connectivity index (χ3n) is 7.79. The van der Waals surface area contributed by atoms with Gasteiger partial charge in [-0.15, -0.1) is 0 Å². The summed E-state index contributed by atoms with van der Waals surface area (Å²) in [5.74, 6) is -0.286. The number of methoxy groups -OCH3 is 1. The van der Waals surface area contributed by atoms with E-state index in [-0.39, 0.29) is 28.9 Å². The zero-order valence-corrected chi connectivity index (χ0v) is 22.8. The van der Waals surface area contributed by atoms with E-state index in [9.17, 15) is 9.18 Å². The van der Waals surface area contributed by atoms with E-state index in [0.717, 1.165) is 59.1 Å². The third-order valence-corrected chi connectivity index (χ3v) is 8.18. The number of esters is 1. The molecule has 1 aliphatic rings. The van der Waals surface area contributed by atoms with E-state index in [0.29, 0.717) is 17.9 Å². The second-order valence-electron chi connectivity index (χ2n) is 9.91. The fraction of sp³-hybridized carbons (Fsp3) is 0.414. The van der Waals surface area contributed by atoms with Gasteiger partial charge in [-0.3, -0.25) is 9.48 Å². The molecule has 0 saturated heterocycles. The number of nitrogens with one attached hydrogen (secondary N) is 1. The number of hydrogen-bond donors (Lipinski definition) is 1. The molecule has 1 atom stereocenters. The Morgan fingerprint density at radius 1 is 1.26 bits per heavy atom. The predicted octanol–water partition coefficient (Wildman–Crippen LogP) is 6.98. The van der Waals surface area contributed by atoms with Crippen molar-refractivity contribution in [2.24, 2.45) is 5.92 Å². The lowest BCUT2D eigenvalue weighted by Crippen LogP contribution is -2.26. The Morgan fingerprint density at radius 3 is 2.74 bits per heavy atom. The summed E-state index contributed by atoms with van der Waals surface area (Å²) < 4.78 is 27.1. The van der Waals surface area contributed by atoms with Crippen LogP contribution in [-0.4, -0.2) is 39.4 Å². The van der Waals surface area contributed by atoms with Crippen LogP contribution in [0.4, 0.5) is 4.39 Å². The van der Waals surface area contributed by atoms with Crippen LogP contribution in [0.3, 0.4) is 0 Å². The average molecular weight is 539 g/mol. The highest BCUT2D eigenvalue weighted by Gasteiger charge is 2.29. The standard InChI is InChI=1S/C29H32ClFN4O3/c1-5-38-29(36)18-6-8-20(9-7-18)35-17(3)23(15-34-35)19-12-21-22(14-33-28(21)32-13-19)16(2)26-25(37-4)11-10-24(31)27(26)30/h10-16,18,20H,5-9H2,1-4H3,(H,32,33)/t16-,18?,20?/m0/s1. The number of H-pyrrole nitrogens is 1. The van der Waals surface area contributed by atoms with Gasteiger partial charge in [0.1, 0.15) is 17.2 Å². The molecule has 7 nitrogen and oxygen atoms in total. The fourth-order valence-electron chi connectivity index (χ4n) is 5.71. The number of halogens is 2. The van der Waals surface area contributed by atoms with Gasteiger partial charge in [0.2, 0.25) is 0 Å². The molecule has 5 rings (SSSR count). The Kier molecular flexibility index (Phi) is 7.43. The van der Waals surface area contributed by atoms with Gasteiger partial charge in [-0.05, 0) is 63.3 Å². The number of pyridine rings is 1. The number of nitrogens with zero attached hydrogens (tertiary/aromatic N) is 3. The second-order valence-corrected chi connectivity index (χ2v) is 10.3. The number of fused-ring (bicyclic) bond motifs is 1. The lowest BCUT2D eigenvalue weighted by atomic mass is 9.86. The Morgan fingerprint density at radius 2 is 2.03 bits per heavy atom. The first-order chi connectivity index (χ1) is 18.3. The molecule has 0 aliphatic heterocycles. The quantitative estimate of drug-likeness (QED) is 0.257.